The van der Waals surface area contributed by atoms with E-state index in [9.17, 15) is 13.9 Å². The van der Waals surface area contributed by atoms with E-state index in [4.69, 9.17) is 0 Å². The van der Waals surface area contributed by atoms with Gasteiger partial charge in [0.2, 0.25) is 0 Å². The summed E-state index contributed by atoms with van der Waals surface area (Å²) < 4.78 is 23.1. The van der Waals surface area contributed by atoms with Crippen LogP contribution < -0.4 is 0 Å². The van der Waals surface area contributed by atoms with E-state index in [1.807, 2.05) is 0 Å². The van der Waals surface area contributed by atoms with Crippen molar-refractivity contribution in [1.82, 2.24) is 0 Å². The normalized spacial score (nSPS) is 16.1. The summed E-state index contributed by atoms with van der Waals surface area (Å²) in [6.45, 7) is 2.81. The van der Waals surface area contributed by atoms with Crippen LogP contribution in [0.25, 0.3) is 0 Å². The van der Waals surface area contributed by atoms with Gasteiger partial charge < -0.3 is 0 Å². The summed E-state index contributed by atoms with van der Waals surface area (Å²) in [5, 5.41) is 9.70. The fourth-order valence-electron chi connectivity index (χ4n) is 0.238. The number of halogens is 2. The van der Waals surface area contributed by atoms with Gasteiger partial charge in [-0.25, -0.2) is 0 Å². The highest BCUT2D eigenvalue weighted by molar-refractivity contribution is 4.56. The smallest absolute Gasteiger partial charge is 0.173 e. The Kier molecular flexibility index (Phi) is 2.34. The molecule has 0 N–H and O–H groups in total. The third kappa shape index (κ3) is 2.21. The van der Waals surface area contributed by atoms with Crippen LogP contribution in [0.1, 0.15) is 20.3 Å². The number of alkyl halides is 2. The van der Waals surface area contributed by atoms with E-state index < -0.39 is 12.0 Å². The lowest BCUT2D eigenvalue weighted by molar-refractivity contribution is -0.273. The predicted octanol–water partition coefficient (Wildman–Crippen LogP) is 2.06. The maximum absolute atomic E-state index is 11.6. The first-order valence-electron chi connectivity index (χ1n) is 2.56. The topological polar surface area (TPSA) is 19.9 Å². The molecule has 1 radical (unpaired) electrons. The van der Waals surface area contributed by atoms with E-state index in [-0.39, 0.29) is 6.42 Å². The third-order valence-corrected chi connectivity index (χ3v) is 1.19. The summed E-state index contributed by atoms with van der Waals surface area (Å²) in [6, 6.07) is 0. The molecule has 1 atom stereocenters. The van der Waals surface area contributed by atoms with Crippen LogP contribution in [0, 0.1) is 5.92 Å². The molecule has 0 amide bonds. The van der Waals surface area contributed by atoms with E-state index in [0.717, 1.165) is 0 Å². The van der Waals surface area contributed by atoms with Crippen molar-refractivity contribution < 1.29 is 13.9 Å². The van der Waals surface area contributed by atoms with Gasteiger partial charge in [-0.15, -0.1) is 0 Å². The van der Waals surface area contributed by atoms with E-state index in [0.29, 0.717) is 0 Å². The molecule has 0 bridgehead atoms. The number of hydrogen-bond donors (Lipinski definition) is 0. The Morgan fingerprint density at radius 2 is 2.00 bits per heavy atom. The number of hydrogen-bond acceptors (Lipinski definition) is 0. The summed E-state index contributed by atoms with van der Waals surface area (Å²) in [7, 11) is 0. The fourth-order valence-corrected chi connectivity index (χ4v) is 0.238. The Hall–Kier alpha value is -0.180. The van der Waals surface area contributed by atoms with E-state index in [2.05, 4.69) is 0 Å². The molecule has 1 nitrogen and oxygen atoms in total. The molecule has 0 aliphatic rings. The Morgan fingerprint density at radius 3 is 2.00 bits per heavy atom. The summed E-state index contributed by atoms with van der Waals surface area (Å²) in [4.78, 5) is 0. The minimum atomic E-state index is -3.74. The summed E-state index contributed by atoms with van der Waals surface area (Å²) in [5.41, 5.74) is 0. The highest BCUT2D eigenvalue weighted by Crippen LogP contribution is 2.23. The van der Waals surface area contributed by atoms with Gasteiger partial charge >= 0.3 is 6.11 Å². The molecule has 49 valence electrons. The van der Waals surface area contributed by atoms with E-state index in [1.54, 1.807) is 6.92 Å². The van der Waals surface area contributed by atoms with Crippen LogP contribution in [0.2, 0.25) is 0 Å². The number of rotatable bonds is 2. The summed E-state index contributed by atoms with van der Waals surface area (Å²) in [6.07, 6.45) is -3.51. The Balaban J connectivity index is 3.62. The van der Waals surface area contributed by atoms with Gasteiger partial charge in [-0.1, -0.05) is 13.8 Å². The molecule has 0 aromatic rings. The average Bonchev–Trinajstić information content (AvgIpc) is 1.62. The first-order chi connectivity index (χ1) is 3.48. The van der Waals surface area contributed by atoms with Crippen molar-refractivity contribution in [2.75, 3.05) is 0 Å². The molecule has 0 rings (SSSR count). The molecule has 0 saturated carbocycles. The molecular formula is C5H9F2O. The molecule has 3 heteroatoms. The molecule has 0 fully saturated rings. The lowest BCUT2D eigenvalue weighted by Crippen LogP contribution is -2.22. The third-order valence-electron chi connectivity index (χ3n) is 1.19. The zero-order chi connectivity index (χ0) is 6.78. The van der Waals surface area contributed by atoms with E-state index in [1.165, 1.54) is 6.92 Å². The Labute approximate surface area is 47.3 Å². The predicted molar refractivity (Wildman–Crippen MR) is 25.1 cm³/mol. The van der Waals surface area contributed by atoms with Crippen LogP contribution in [0.4, 0.5) is 8.78 Å². The lowest BCUT2D eigenvalue weighted by Gasteiger charge is -2.11. The molecule has 0 spiro atoms. The molecule has 0 saturated heterocycles. The first-order valence-corrected chi connectivity index (χ1v) is 2.56. The van der Waals surface area contributed by atoms with Crippen molar-refractivity contribution in [3.8, 4) is 0 Å². The van der Waals surface area contributed by atoms with Crippen molar-refractivity contribution in [1.29, 1.82) is 0 Å². The largest absolute Gasteiger partial charge is 0.383 e. The SMILES string of the molecule is CCC(C)C([O])(F)F. The highest BCUT2D eigenvalue weighted by Gasteiger charge is 2.33. The van der Waals surface area contributed by atoms with Crippen molar-refractivity contribution in [3.05, 3.63) is 0 Å². The zero-order valence-corrected chi connectivity index (χ0v) is 4.95. The van der Waals surface area contributed by atoms with Gasteiger partial charge in [-0.3, -0.25) is 0 Å². The molecule has 0 heterocycles. The average molecular weight is 123 g/mol. The fraction of sp³-hybridized carbons (Fsp3) is 1.00. The van der Waals surface area contributed by atoms with Gasteiger partial charge in [-0.2, -0.15) is 13.9 Å². The maximum atomic E-state index is 11.6. The molecule has 0 aromatic carbocycles. The first kappa shape index (κ1) is 7.82. The molecular weight excluding hydrogens is 114 g/mol. The summed E-state index contributed by atoms with van der Waals surface area (Å²) >= 11 is 0. The molecule has 0 aliphatic carbocycles. The summed E-state index contributed by atoms with van der Waals surface area (Å²) in [5.74, 6) is -1.04. The van der Waals surface area contributed by atoms with Crippen molar-refractivity contribution in [3.63, 3.8) is 0 Å². The standard InChI is InChI=1S/C5H9F2O/c1-3-4(2)5(6,7)8/h4H,3H2,1-2H3. The minimum absolute atomic E-state index is 0.233. The van der Waals surface area contributed by atoms with Gasteiger partial charge in [0.25, 0.3) is 0 Å². The van der Waals surface area contributed by atoms with Gasteiger partial charge in [0.1, 0.15) is 0 Å². The molecule has 0 aromatic heterocycles. The molecule has 0 aliphatic heterocycles. The Morgan fingerprint density at radius 1 is 1.62 bits per heavy atom. The monoisotopic (exact) mass is 123 g/mol. The van der Waals surface area contributed by atoms with Crippen molar-refractivity contribution in [2.45, 2.75) is 26.4 Å². The van der Waals surface area contributed by atoms with Crippen LogP contribution in [-0.2, 0) is 5.11 Å². The van der Waals surface area contributed by atoms with Crippen LogP contribution in [0.3, 0.4) is 0 Å². The van der Waals surface area contributed by atoms with Gasteiger partial charge in [0, 0.05) is 5.92 Å². The molecule has 1 unspecified atom stereocenters. The Bertz CT molecular complexity index is 67.3. The van der Waals surface area contributed by atoms with Crippen LogP contribution in [-0.4, -0.2) is 6.11 Å². The van der Waals surface area contributed by atoms with Crippen LogP contribution in [0.15, 0.2) is 0 Å². The second-order valence-corrected chi connectivity index (χ2v) is 1.87. The highest BCUT2D eigenvalue weighted by atomic mass is 19.3. The second kappa shape index (κ2) is 2.40. The maximum Gasteiger partial charge on any atom is 0.383 e. The van der Waals surface area contributed by atoms with Crippen molar-refractivity contribution in [2.24, 2.45) is 5.92 Å². The zero-order valence-electron chi connectivity index (χ0n) is 4.95. The van der Waals surface area contributed by atoms with Gasteiger partial charge in [0.15, 0.2) is 0 Å². The minimum Gasteiger partial charge on any atom is -0.173 e. The van der Waals surface area contributed by atoms with Crippen LogP contribution in [0.5, 0.6) is 0 Å². The quantitative estimate of drug-likeness (QED) is 0.535. The molecule has 8 heavy (non-hydrogen) atoms. The van der Waals surface area contributed by atoms with Crippen LogP contribution >= 0.6 is 0 Å². The van der Waals surface area contributed by atoms with E-state index >= 15 is 0 Å². The second-order valence-electron chi connectivity index (χ2n) is 1.87. The van der Waals surface area contributed by atoms with Crippen molar-refractivity contribution >= 4 is 0 Å². The van der Waals surface area contributed by atoms with Gasteiger partial charge in [-0.05, 0) is 6.42 Å². The lowest BCUT2D eigenvalue weighted by atomic mass is 10.1. The van der Waals surface area contributed by atoms with Gasteiger partial charge in [0.05, 0.1) is 0 Å².